The molecule has 59 heavy (non-hydrogen) atoms. The molecule has 0 amide bonds. The van der Waals surface area contributed by atoms with Crippen LogP contribution in [-0.2, 0) is 47.5 Å². The van der Waals surface area contributed by atoms with Crippen LogP contribution in [-0.4, -0.2) is 181 Å². The lowest BCUT2D eigenvalue weighted by atomic mass is 9.82. The number of esters is 1. The molecule has 3 fully saturated rings. The fraction of sp³-hybridized carbons (Fsp3) is 0.860. The Hall–Kier alpha value is -1.90. The number of hydrogen-bond acceptors (Lipinski definition) is 16. The Balaban J connectivity index is 1.66. The molecule has 0 saturated carbocycles. The highest BCUT2D eigenvalue weighted by molar-refractivity contribution is 5.70. The third kappa shape index (κ3) is 13.3. The third-order valence-electron chi connectivity index (χ3n) is 12.4. The van der Waals surface area contributed by atoms with E-state index in [-0.39, 0.29) is 30.9 Å². The van der Waals surface area contributed by atoms with Gasteiger partial charge in [0.2, 0.25) is 0 Å². The summed E-state index contributed by atoms with van der Waals surface area (Å²) in [6, 6.07) is -0.466. The maximum atomic E-state index is 13.1. The van der Waals surface area contributed by atoms with Crippen LogP contribution in [0.1, 0.15) is 86.5 Å². The number of allylic oxidation sites excluding steroid dienone is 2. The minimum absolute atomic E-state index is 0.00885. The lowest BCUT2D eigenvalue weighted by Gasteiger charge is -2.50. The molecule has 0 aliphatic carbocycles. The summed E-state index contributed by atoms with van der Waals surface area (Å²) in [5.41, 5.74) is -1.47. The average Bonchev–Trinajstić information content (AvgIpc) is 3.13. The summed E-state index contributed by atoms with van der Waals surface area (Å²) in [6.07, 6.45) is -1.56. The number of aliphatic hydroxyl groups is 4. The molecule has 16 nitrogen and oxygen atoms in total. The molecule has 3 saturated heterocycles. The molecule has 4 N–H and O–H groups in total. The Kier molecular flexibility index (Phi) is 18.9. The largest absolute Gasteiger partial charge is 0.462 e. The van der Waals surface area contributed by atoms with E-state index in [1.54, 1.807) is 39.8 Å². The van der Waals surface area contributed by atoms with Gasteiger partial charge < -0.3 is 72.9 Å². The summed E-state index contributed by atoms with van der Waals surface area (Å²) in [6.45, 7) is 10.8. The molecule has 0 unspecified atom stereocenters. The van der Waals surface area contributed by atoms with Crippen molar-refractivity contribution in [1.29, 1.82) is 0 Å². The molecular weight excluding hydrogens is 768 g/mol. The van der Waals surface area contributed by atoms with E-state index >= 15 is 0 Å². The van der Waals surface area contributed by atoms with Crippen LogP contribution in [0.2, 0.25) is 0 Å². The smallest absolute Gasteiger partial charge is 0.308 e. The summed E-state index contributed by atoms with van der Waals surface area (Å²) in [5.74, 6) is -1.47. The van der Waals surface area contributed by atoms with Crippen molar-refractivity contribution >= 4 is 12.3 Å². The van der Waals surface area contributed by atoms with Gasteiger partial charge >= 0.3 is 5.97 Å². The molecular formula is C43H74N2O14. The predicted octanol–water partition coefficient (Wildman–Crippen LogP) is 2.33. The fourth-order valence-corrected chi connectivity index (χ4v) is 9.10. The Morgan fingerprint density at radius 1 is 0.864 bits per heavy atom. The number of carbonyl (C=O) groups excluding carboxylic acids is 2. The second kappa shape index (κ2) is 22.5. The number of carbonyl (C=O) groups is 2. The van der Waals surface area contributed by atoms with Crippen molar-refractivity contribution in [3.8, 4) is 0 Å². The van der Waals surface area contributed by atoms with Crippen LogP contribution < -0.4 is 0 Å². The number of methoxy groups -OCH3 is 1. The van der Waals surface area contributed by atoms with E-state index in [0.29, 0.717) is 19.3 Å². The van der Waals surface area contributed by atoms with Crippen molar-refractivity contribution in [3.63, 3.8) is 0 Å². The van der Waals surface area contributed by atoms with Crippen molar-refractivity contribution in [2.75, 3.05) is 35.3 Å². The van der Waals surface area contributed by atoms with E-state index in [0.717, 1.165) is 12.7 Å². The number of rotatable bonds is 11. The van der Waals surface area contributed by atoms with Gasteiger partial charge in [0.15, 0.2) is 18.9 Å². The summed E-state index contributed by atoms with van der Waals surface area (Å²) in [4.78, 5) is 29.5. The molecule has 4 aliphatic heterocycles. The van der Waals surface area contributed by atoms with E-state index in [9.17, 15) is 30.0 Å². The van der Waals surface area contributed by atoms with Gasteiger partial charge in [-0.05, 0) is 93.9 Å². The zero-order chi connectivity index (χ0) is 43.8. The standard InChI is InChI=1S/C43H74N2O14/c1-24-21-29(19-20-46)39(59-42-37(49)36(45(9)10)38(27(4)56-42)58-35-23-43(6,51)41(50)28(5)55-35)40(52-11)31(47)22-33(48)53-25(2)15-13-12-14-16-32(24)57-34-18-17-30(44(7)8)26(3)54-34/h12-14,16,20,24-32,34-42,47,49-51H,15,17-19,21-23H2,1-11H3/b13-12+,16-14+/t24-,25-,26+,27-,28+,29+,30-,31-,32+,34-,35-,36-,37+,38+,39+,40+,41-,42+,43+/m1/s1. The highest BCUT2D eigenvalue weighted by atomic mass is 16.7. The van der Waals surface area contributed by atoms with Crippen LogP contribution in [0, 0.1) is 11.8 Å². The molecule has 0 radical (unpaired) electrons. The minimum atomic E-state index is -1.47. The number of ether oxygens (including phenoxy) is 8. The molecule has 0 aromatic carbocycles. The molecule has 0 aromatic heterocycles. The number of aldehydes is 1. The first-order chi connectivity index (χ1) is 27.8. The number of hydrogen-bond donors (Lipinski definition) is 4. The van der Waals surface area contributed by atoms with Crippen LogP contribution in [0.5, 0.6) is 0 Å². The zero-order valence-electron chi connectivity index (χ0n) is 37.0. The van der Waals surface area contributed by atoms with Crippen molar-refractivity contribution in [1.82, 2.24) is 9.80 Å². The summed E-state index contributed by atoms with van der Waals surface area (Å²) >= 11 is 0. The van der Waals surface area contributed by atoms with Crippen molar-refractivity contribution in [3.05, 3.63) is 24.3 Å². The maximum absolute atomic E-state index is 13.1. The Labute approximate surface area is 351 Å². The Bertz CT molecular complexity index is 1370. The van der Waals surface area contributed by atoms with Crippen molar-refractivity contribution in [2.24, 2.45) is 11.8 Å². The molecule has 4 heterocycles. The van der Waals surface area contributed by atoms with Gasteiger partial charge in [-0.3, -0.25) is 4.79 Å². The second-order valence-electron chi connectivity index (χ2n) is 17.8. The van der Waals surface area contributed by atoms with Gasteiger partial charge in [0.25, 0.3) is 0 Å². The van der Waals surface area contributed by atoms with Crippen LogP contribution in [0.25, 0.3) is 0 Å². The minimum Gasteiger partial charge on any atom is -0.462 e. The monoisotopic (exact) mass is 843 g/mol. The van der Waals surface area contributed by atoms with Crippen LogP contribution in [0.15, 0.2) is 24.3 Å². The molecule has 19 atom stereocenters. The lowest BCUT2D eigenvalue weighted by Crippen LogP contribution is -2.65. The van der Waals surface area contributed by atoms with E-state index in [1.807, 2.05) is 52.2 Å². The summed E-state index contributed by atoms with van der Waals surface area (Å²) in [5, 5.41) is 45.1. The van der Waals surface area contributed by atoms with Crippen LogP contribution in [0.3, 0.4) is 0 Å². The topological polar surface area (TPSA) is 195 Å². The Morgan fingerprint density at radius 2 is 1.56 bits per heavy atom. The van der Waals surface area contributed by atoms with E-state index in [4.69, 9.17) is 37.9 Å². The summed E-state index contributed by atoms with van der Waals surface area (Å²) < 4.78 is 50.0. The molecule has 4 aliphatic rings. The number of nitrogens with zero attached hydrogens (tertiary/aromatic N) is 2. The van der Waals surface area contributed by atoms with Crippen molar-refractivity contribution in [2.45, 2.75) is 190 Å². The Morgan fingerprint density at radius 3 is 2.17 bits per heavy atom. The number of aliphatic hydroxyl groups excluding tert-OH is 3. The normalized spacial score (nSPS) is 45.8. The van der Waals surface area contributed by atoms with Crippen LogP contribution >= 0.6 is 0 Å². The van der Waals surface area contributed by atoms with Gasteiger partial charge in [-0.1, -0.05) is 31.2 Å². The molecule has 0 bridgehead atoms. The predicted molar refractivity (Wildman–Crippen MR) is 217 cm³/mol. The summed E-state index contributed by atoms with van der Waals surface area (Å²) in [7, 11) is 9.03. The van der Waals surface area contributed by atoms with E-state index < -0.39 is 110 Å². The van der Waals surface area contributed by atoms with Gasteiger partial charge in [0.05, 0.1) is 54.7 Å². The first kappa shape index (κ1) is 49.8. The zero-order valence-corrected chi connectivity index (χ0v) is 37.0. The second-order valence-corrected chi connectivity index (χ2v) is 17.8. The fourth-order valence-electron chi connectivity index (χ4n) is 9.10. The SMILES string of the molecule is CO[C@@H]1[C@@H](O[C@@H]2O[C@H](C)[C@H](O[C@@H]3C[C@](C)(O)[C@H](O)[C@H](C)O3)[C@H](N(C)C)[C@@H]2O)[C@@H](CC=O)C[C@@H](C)[C@@H](O[C@@H]2CC[C@@H](N(C)C)[C@H](C)O2)/C=C/C=C/C[C@@H](C)OC(=O)C[C@H]1O. The maximum Gasteiger partial charge on any atom is 0.308 e. The molecule has 340 valence electrons. The van der Waals surface area contributed by atoms with E-state index in [1.165, 1.54) is 14.0 Å². The highest BCUT2D eigenvalue weighted by Gasteiger charge is 2.52. The molecule has 16 heteroatoms. The molecule has 0 spiro atoms. The lowest BCUT2D eigenvalue weighted by molar-refractivity contribution is -0.344. The number of cyclic esters (lactones) is 1. The first-order valence-corrected chi connectivity index (χ1v) is 21.3. The van der Waals surface area contributed by atoms with Gasteiger partial charge in [0, 0.05) is 32.4 Å². The van der Waals surface area contributed by atoms with Gasteiger partial charge in [0.1, 0.15) is 36.8 Å². The third-order valence-corrected chi connectivity index (χ3v) is 12.4. The number of likely N-dealkylation sites (N-methyl/N-ethyl adjacent to an activating group) is 2. The van der Waals surface area contributed by atoms with Crippen molar-refractivity contribution < 1.29 is 67.9 Å². The van der Waals surface area contributed by atoms with Crippen LogP contribution in [0.4, 0.5) is 0 Å². The highest BCUT2D eigenvalue weighted by Crippen LogP contribution is 2.37. The average molecular weight is 843 g/mol. The quantitative estimate of drug-likeness (QED) is 0.175. The van der Waals surface area contributed by atoms with Gasteiger partial charge in [-0.15, -0.1) is 0 Å². The van der Waals surface area contributed by atoms with Gasteiger partial charge in [-0.25, -0.2) is 0 Å². The first-order valence-electron chi connectivity index (χ1n) is 21.3. The van der Waals surface area contributed by atoms with Gasteiger partial charge in [-0.2, -0.15) is 0 Å². The van der Waals surface area contributed by atoms with E-state index in [2.05, 4.69) is 4.90 Å². The molecule has 4 rings (SSSR count). The molecule has 0 aromatic rings.